The van der Waals surface area contributed by atoms with Crippen molar-refractivity contribution in [2.45, 2.75) is 26.3 Å². The monoisotopic (exact) mass is 312 g/mol. The Morgan fingerprint density at radius 3 is 2.57 bits per heavy atom. The molecule has 1 rings (SSSR count). The van der Waals surface area contributed by atoms with Gasteiger partial charge in [-0.3, -0.25) is 14.5 Å². The number of halogens is 1. The SMILES string of the molecule is CC(C)N(CCC(=O)Nc1ccc(Cl)cc1N)CC(N)=O. The Bertz CT molecular complexity index is 520. The van der Waals surface area contributed by atoms with E-state index in [0.29, 0.717) is 22.9 Å². The summed E-state index contributed by atoms with van der Waals surface area (Å²) in [6, 6.07) is 5.01. The largest absolute Gasteiger partial charge is 0.397 e. The number of primary amides is 1. The summed E-state index contributed by atoms with van der Waals surface area (Å²) in [5, 5.41) is 3.23. The summed E-state index contributed by atoms with van der Waals surface area (Å²) < 4.78 is 0. The molecule has 0 saturated carbocycles. The van der Waals surface area contributed by atoms with Crippen molar-refractivity contribution in [2.75, 3.05) is 24.1 Å². The van der Waals surface area contributed by atoms with E-state index in [1.54, 1.807) is 18.2 Å². The normalized spacial score (nSPS) is 10.9. The first-order valence-electron chi connectivity index (χ1n) is 6.67. The summed E-state index contributed by atoms with van der Waals surface area (Å²) in [5.74, 6) is -0.592. The minimum atomic E-state index is -0.411. The molecule has 0 aromatic heterocycles. The number of nitrogens with two attached hydrogens (primary N) is 2. The predicted octanol–water partition coefficient (Wildman–Crippen LogP) is 1.45. The zero-order chi connectivity index (χ0) is 16.0. The molecule has 0 fully saturated rings. The molecule has 2 amide bonds. The molecule has 21 heavy (non-hydrogen) atoms. The number of hydrogen-bond acceptors (Lipinski definition) is 4. The van der Waals surface area contributed by atoms with Crippen LogP contribution in [-0.4, -0.2) is 35.8 Å². The van der Waals surface area contributed by atoms with E-state index >= 15 is 0 Å². The second-order valence-corrected chi connectivity index (χ2v) is 5.50. The highest BCUT2D eigenvalue weighted by Gasteiger charge is 2.14. The van der Waals surface area contributed by atoms with Gasteiger partial charge in [0.25, 0.3) is 0 Å². The van der Waals surface area contributed by atoms with E-state index in [-0.39, 0.29) is 24.9 Å². The van der Waals surface area contributed by atoms with Crippen molar-refractivity contribution in [3.8, 4) is 0 Å². The Labute approximate surface area is 129 Å². The van der Waals surface area contributed by atoms with E-state index in [0.717, 1.165) is 0 Å². The van der Waals surface area contributed by atoms with Gasteiger partial charge in [-0.05, 0) is 32.0 Å². The lowest BCUT2D eigenvalue weighted by atomic mass is 10.2. The fourth-order valence-corrected chi connectivity index (χ4v) is 2.01. The first-order valence-corrected chi connectivity index (χ1v) is 7.04. The van der Waals surface area contributed by atoms with E-state index in [4.69, 9.17) is 23.1 Å². The van der Waals surface area contributed by atoms with Crippen LogP contribution in [0.1, 0.15) is 20.3 Å². The van der Waals surface area contributed by atoms with E-state index in [1.165, 1.54) is 0 Å². The van der Waals surface area contributed by atoms with E-state index in [1.807, 2.05) is 18.7 Å². The van der Waals surface area contributed by atoms with Gasteiger partial charge in [-0.15, -0.1) is 0 Å². The Hall–Kier alpha value is -1.79. The number of anilines is 2. The van der Waals surface area contributed by atoms with Crippen LogP contribution in [0.5, 0.6) is 0 Å². The number of nitrogens with one attached hydrogen (secondary N) is 1. The summed E-state index contributed by atoms with van der Waals surface area (Å²) in [5.41, 5.74) is 11.9. The highest BCUT2D eigenvalue weighted by Crippen LogP contribution is 2.22. The van der Waals surface area contributed by atoms with Gasteiger partial charge in [0.1, 0.15) is 0 Å². The molecule has 0 atom stereocenters. The summed E-state index contributed by atoms with van der Waals surface area (Å²) >= 11 is 5.80. The molecular weight excluding hydrogens is 292 g/mol. The lowest BCUT2D eigenvalue weighted by molar-refractivity contribution is -0.121. The molecule has 7 heteroatoms. The maximum atomic E-state index is 11.9. The molecule has 1 aromatic rings. The lowest BCUT2D eigenvalue weighted by Crippen LogP contribution is -2.40. The predicted molar refractivity (Wildman–Crippen MR) is 85.0 cm³/mol. The van der Waals surface area contributed by atoms with Gasteiger partial charge < -0.3 is 16.8 Å². The molecule has 116 valence electrons. The highest BCUT2D eigenvalue weighted by atomic mass is 35.5. The number of hydrogen-bond donors (Lipinski definition) is 3. The molecule has 0 aliphatic heterocycles. The average molecular weight is 313 g/mol. The summed E-state index contributed by atoms with van der Waals surface area (Å²) in [4.78, 5) is 24.7. The van der Waals surface area contributed by atoms with Crippen LogP contribution in [0.15, 0.2) is 18.2 Å². The van der Waals surface area contributed by atoms with Crippen LogP contribution >= 0.6 is 11.6 Å². The van der Waals surface area contributed by atoms with E-state index < -0.39 is 5.91 Å². The van der Waals surface area contributed by atoms with Crippen LogP contribution in [0.25, 0.3) is 0 Å². The molecule has 6 nitrogen and oxygen atoms in total. The fraction of sp³-hybridized carbons (Fsp3) is 0.429. The molecule has 0 bridgehead atoms. The summed E-state index contributed by atoms with van der Waals surface area (Å²) in [6.45, 7) is 4.46. The number of carbonyl (C=O) groups is 2. The molecule has 0 heterocycles. The number of benzene rings is 1. The first-order chi connectivity index (χ1) is 9.79. The second kappa shape index (κ2) is 7.85. The van der Waals surface area contributed by atoms with Gasteiger partial charge in [-0.25, -0.2) is 0 Å². The molecule has 1 aromatic carbocycles. The topological polar surface area (TPSA) is 101 Å². The van der Waals surface area contributed by atoms with Gasteiger partial charge in [-0.2, -0.15) is 0 Å². The van der Waals surface area contributed by atoms with Crippen molar-refractivity contribution in [3.63, 3.8) is 0 Å². The smallest absolute Gasteiger partial charge is 0.231 e. The van der Waals surface area contributed by atoms with Crippen molar-refractivity contribution in [1.29, 1.82) is 0 Å². The first kappa shape index (κ1) is 17.3. The van der Waals surface area contributed by atoms with Gasteiger partial charge in [-0.1, -0.05) is 11.6 Å². The van der Waals surface area contributed by atoms with Crippen LogP contribution in [-0.2, 0) is 9.59 Å². The molecule has 0 aliphatic carbocycles. The van der Waals surface area contributed by atoms with Crippen LogP contribution < -0.4 is 16.8 Å². The van der Waals surface area contributed by atoms with Crippen LogP contribution in [0.4, 0.5) is 11.4 Å². The molecule has 0 saturated heterocycles. The van der Waals surface area contributed by atoms with Crippen molar-refractivity contribution >= 4 is 34.8 Å². The molecule has 0 unspecified atom stereocenters. The van der Waals surface area contributed by atoms with E-state index in [2.05, 4.69) is 5.32 Å². The number of nitrogens with zero attached hydrogens (tertiary/aromatic N) is 1. The molecule has 0 spiro atoms. The maximum Gasteiger partial charge on any atom is 0.231 e. The van der Waals surface area contributed by atoms with E-state index in [9.17, 15) is 9.59 Å². The van der Waals surface area contributed by atoms with Crippen LogP contribution in [0.2, 0.25) is 5.02 Å². The van der Waals surface area contributed by atoms with Gasteiger partial charge in [0, 0.05) is 24.0 Å². The third-order valence-electron chi connectivity index (χ3n) is 3.00. The van der Waals surface area contributed by atoms with Crippen molar-refractivity contribution < 1.29 is 9.59 Å². The lowest BCUT2D eigenvalue weighted by Gasteiger charge is -2.24. The average Bonchev–Trinajstić information content (AvgIpc) is 2.37. The number of nitrogen functional groups attached to an aromatic ring is 1. The Kier molecular flexibility index (Phi) is 6.45. The number of amides is 2. The quantitative estimate of drug-likeness (QED) is 0.663. The van der Waals surface area contributed by atoms with Gasteiger partial charge in [0.15, 0.2) is 0 Å². The highest BCUT2D eigenvalue weighted by molar-refractivity contribution is 6.31. The van der Waals surface area contributed by atoms with Crippen LogP contribution in [0.3, 0.4) is 0 Å². The Balaban J connectivity index is 2.54. The Morgan fingerprint density at radius 2 is 2.05 bits per heavy atom. The van der Waals surface area contributed by atoms with Crippen molar-refractivity contribution in [3.05, 3.63) is 23.2 Å². The van der Waals surface area contributed by atoms with Crippen molar-refractivity contribution in [2.24, 2.45) is 5.73 Å². The third-order valence-corrected chi connectivity index (χ3v) is 3.24. The zero-order valence-corrected chi connectivity index (χ0v) is 13.0. The minimum Gasteiger partial charge on any atom is -0.397 e. The number of carbonyl (C=O) groups excluding carboxylic acids is 2. The molecule has 5 N–H and O–H groups in total. The maximum absolute atomic E-state index is 11.9. The van der Waals surface area contributed by atoms with Gasteiger partial charge in [0.05, 0.1) is 17.9 Å². The molecular formula is C14H21ClN4O2. The number of rotatable bonds is 7. The zero-order valence-electron chi connectivity index (χ0n) is 12.2. The summed E-state index contributed by atoms with van der Waals surface area (Å²) in [6.07, 6.45) is 0.244. The minimum absolute atomic E-state index is 0.130. The van der Waals surface area contributed by atoms with Crippen molar-refractivity contribution in [1.82, 2.24) is 4.90 Å². The standard InChI is InChI=1S/C14H21ClN4O2/c1-9(2)19(8-13(17)20)6-5-14(21)18-12-4-3-10(15)7-11(12)16/h3-4,7,9H,5-6,8,16H2,1-2H3,(H2,17,20)(H,18,21). The van der Waals surface area contributed by atoms with Gasteiger partial charge >= 0.3 is 0 Å². The molecule has 0 radical (unpaired) electrons. The fourth-order valence-electron chi connectivity index (χ4n) is 1.83. The van der Waals surface area contributed by atoms with Crippen LogP contribution in [0, 0.1) is 0 Å². The van der Waals surface area contributed by atoms with Gasteiger partial charge in [0.2, 0.25) is 11.8 Å². The third kappa shape index (κ3) is 6.01. The Morgan fingerprint density at radius 1 is 1.38 bits per heavy atom. The molecule has 0 aliphatic rings. The second-order valence-electron chi connectivity index (χ2n) is 5.06. The summed E-state index contributed by atoms with van der Waals surface area (Å²) in [7, 11) is 0.